The highest BCUT2D eigenvalue weighted by atomic mass is 35.5. The lowest BCUT2D eigenvalue weighted by molar-refractivity contribution is -0.160. The van der Waals surface area contributed by atoms with Crippen LogP contribution in [0.3, 0.4) is 0 Å². The molecule has 138 valence electrons. The zero-order valence-electron chi connectivity index (χ0n) is 15.0. The van der Waals surface area contributed by atoms with Gasteiger partial charge in [-0.05, 0) is 50.1 Å². The number of aryl methyl sites for hydroxylation is 1. The van der Waals surface area contributed by atoms with Crippen LogP contribution < -0.4 is 10.1 Å². The predicted octanol–water partition coefficient (Wildman–Crippen LogP) is 4.38. The molecule has 26 heavy (non-hydrogen) atoms. The van der Waals surface area contributed by atoms with Gasteiger partial charge in [-0.25, -0.2) is 4.79 Å². The average molecular weight is 376 g/mol. The molecular weight excluding hydrogens is 354 g/mol. The fourth-order valence-electron chi connectivity index (χ4n) is 2.23. The predicted molar refractivity (Wildman–Crippen MR) is 102 cm³/mol. The minimum absolute atomic E-state index is 0.426. The van der Waals surface area contributed by atoms with Crippen molar-refractivity contribution >= 4 is 29.2 Å². The summed E-state index contributed by atoms with van der Waals surface area (Å²) in [6, 6.07) is 14.2. The van der Waals surface area contributed by atoms with Gasteiger partial charge >= 0.3 is 5.97 Å². The molecule has 0 spiro atoms. The Hall–Kier alpha value is -2.53. The number of anilines is 1. The number of amides is 1. The van der Waals surface area contributed by atoms with Crippen molar-refractivity contribution in [3.05, 3.63) is 59.1 Å². The van der Waals surface area contributed by atoms with Gasteiger partial charge in [-0.3, -0.25) is 4.79 Å². The minimum atomic E-state index is -0.964. The molecule has 2 rings (SSSR count). The number of hydrogen-bond acceptors (Lipinski definition) is 4. The van der Waals surface area contributed by atoms with E-state index in [9.17, 15) is 9.59 Å². The summed E-state index contributed by atoms with van der Waals surface area (Å²) in [4.78, 5) is 24.6. The fourth-order valence-corrected chi connectivity index (χ4v) is 2.40. The highest BCUT2D eigenvalue weighted by Gasteiger charge is 2.25. The second-order valence-electron chi connectivity index (χ2n) is 5.86. The maximum atomic E-state index is 12.3. The van der Waals surface area contributed by atoms with Crippen molar-refractivity contribution in [2.24, 2.45) is 0 Å². The molecule has 0 aliphatic carbocycles. The first-order chi connectivity index (χ1) is 12.4. The standard InChI is InChI=1S/C20H22ClNO4/c1-4-18(26-16-8-6-5-7-9-16)20(24)25-14(3)19(23)22-17-12-15(21)11-10-13(17)2/h5-12,14,18H,4H2,1-3H3,(H,22,23)/t14-,18-/m0/s1. The van der Waals surface area contributed by atoms with Crippen LogP contribution in [0, 0.1) is 6.92 Å². The van der Waals surface area contributed by atoms with Gasteiger partial charge in [0.25, 0.3) is 5.91 Å². The van der Waals surface area contributed by atoms with E-state index in [4.69, 9.17) is 21.1 Å². The van der Waals surface area contributed by atoms with Gasteiger partial charge in [-0.2, -0.15) is 0 Å². The molecule has 0 fully saturated rings. The highest BCUT2D eigenvalue weighted by Crippen LogP contribution is 2.20. The molecule has 5 nitrogen and oxygen atoms in total. The number of esters is 1. The van der Waals surface area contributed by atoms with Crippen LogP contribution in [-0.4, -0.2) is 24.1 Å². The van der Waals surface area contributed by atoms with E-state index in [1.165, 1.54) is 6.92 Å². The number of nitrogens with one attached hydrogen (secondary N) is 1. The summed E-state index contributed by atoms with van der Waals surface area (Å²) in [5.74, 6) is -0.442. The number of ether oxygens (including phenoxy) is 2. The van der Waals surface area contributed by atoms with E-state index in [-0.39, 0.29) is 0 Å². The first-order valence-electron chi connectivity index (χ1n) is 8.40. The summed E-state index contributed by atoms with van der Waals surface area (Å²) in [6.45, 7) is 5.18. The number of benzene rings is 2. The Morgan fingerprint density at radius 2 is 1.85 bits per heavy atom. The number of hydrogen-bond donors (Lipinski definition) is 1. The minimum Gasteiger partial charge on any atom is -0.479 e. The third kappa shape index (κ3) is 5.49. The number of carbonyl (C=O) groups excluding carboxylic acids is 2. The molecule has 1 N–H and O–H groups in total. The summed E-state index contributed by atoms with van der Waals surface area (Å²) in [6.07, 6.45) is -1.31. The van der Waals surface area contributed by atoms with Gasteiger partial charge in [0.1, 0.15) is 5.75 Å². The van der Waals surface area contributed by atoms with Gasteiger partial charge in [-0.15, -0.1) is 0 Å². The first kappa shape index (κ1) is 19.8. The second-order valence-corrected chi connectivity index (χ2v) is 6.29. The van der Waals surface area contributed by atoms with Crippen LogP contribution in [0.5, 0.6) is 5.75 Å². The number of para-hydroxylation sites is 1. The molecule has 1 amide bonds. The van der Waals surface area contributed by atoms with E-state index in [1.807, 2.05) is 32.0 Å². The SMILES string of the molecule is CC[C@H](Oc1ccccc1)C(=O)O[C@@H](C)C(=O)Nc1cc(Cl)ccc1C. The van der Waals surface area contributed by atoms with Gasteiger partial charge in [0, 0.05) is 10.7 Å². The van der Waals surface area contributed by atoms with E-state index in [1.54, 1.807) is 30.3 Å². The summed E-state index contributed by atoms with van der Waals surface area (Å²) < 4.78 is 10.9. The van der Waals surface area contributed by atoms with Crippen molar-refractivity contribution in [1.82, 2.24) is 0 Å². The quantitative estimate of drug-likeness (QED) is 0.729. The third-order valence-corrected chi connectivity index (χ3v) is 4.01. The first-order valence-corrected chi connectivity index (χ1v) is 8.77. The average Bonchev–Trinajstić information content (AvgIpc) is 2.63. The maximum absolute atomic E-state index is 12.3. The van der Waals surface area contributed by atoms with Crippen LogP contribution in [-0.2, 0) is 14.3 Å². The second kappa shape index (κ2) is 9.25. The van der Waals surface area contributed by atoms with Crippen LogP contribution in [0.1, 0.15) is 25.8 Å². The lowest BCUT2D eigenvalue weighted by atomic mass is 10.2. The lowest BCUT2D eigenvalue weighted by Crippen LogP contribution is -2.36. The fraction of sp³-hybridized carbons (Fsp3) is 0.300. The highest BCUT2D eigenvalue weighted by molar-refractivity contribution is 6.31. The Balaban J connectivity index is 1.96. The lowest BCUT2D eigenvalue weighted by Gasteiger charge is -2.20. The molecule has 0 bridgehead atoms. The zero-order chi connectivity index (χ0) is 19.1. The van der Waals surface area contributed by atoms with Gasteiger partial charge in [0.15, 0.2) is 12.2 Å². The molecule has 0 radical (unpaired) electrons. The zero-order valence-corrected chi connectivity index (χ0v) is 15.7. The van der Waals surface area contributed by atoms with E-state index in [0.29, 0.717) is 22.9 Å². The van der Waals surface area contributed by atoms with Gasteiger partial charge in [0.05, 0.1) is 0 Å². The van der Waals surface area contributed by atoms with E-state index < -0.39 is 24.1 Å². The van der Waals surface area contributed by atoms with Crippen LogP contribution in [0.25, 0.3) is 0 Å². The van der Waals surface area contributed by atoms with Crippen molar-refractivity contribution in [3.8, 4) is 5.75 Å². The van der Waals surface area contributed by atoms with Crippen molar-refractivity contribution in [1.29, 1.82) is 0 Å². The van der Waals surface area contributed by atoms with Crippen LogP contribution >= 0.6 is 11.6 Å². The Labute approximate surface area is 158 Å². The maximum Gasteiger partial charge on any atom is 0.348 e. The van der Waals surface area contributed by atoms with Gasteiger partial charge < -0.3 is 14.8 Å². The van der Waals surface area contributed by atoms with E-state index >= 15 is 0 Å². The van der Waals surface area contributed by atoms with Gasteiger partial charge in [0.2, 0.25) is 0 Å². The molecule has 0 aromatic heterocycles. The molecule has 0 saturated carbocycles. The largest absolute Gasteiger partial charge is 0.479 e. The molecule has 0 saturated heterocycles. The van der Waals surface area contributed by atoms with Crippen LogP contribution in [0.15, 0.2) is 48.5 Å². The van der Waals surface area contributed by atoms with Crippen molar-refractivity contribution in [3.63, 3.8) is 0 Å². The summed E-state index contributed by atoms with van der Waals surface area (Å²) >= 11 is 5.95. The van der Waals surface area contributed by atoms with Gasteiger partial charge in [-0.1, -0.05) is 42.8 Å². The number of halogens is 1. The molecule has 2 atom stereocenters. The Bertz CT molecular complexity index is 764. The molecule has 0 heterocycles. The summed E-state index contributed by atoms with van der Waals surface area (Å²) in [7, 11) is 0. The van der Waals surface area contributed by atoms with E-state index in [0.717, 1.165) is 5.56 Å². The van der Waals surface area contributed by atoms with E-state index in [2.05, 4.69) is 5.32 Å². The number of rotatable bonds is 7. The molecule has 0 aliphatic heterocycles. The molecule has 0 unspecified atom stereocenters. The Kier molecular flexibility index (Phi) is 7.04. The van der Waals surface area contributed by atoms with Crippen LogP contribution in [0.4, 0.5) is 5.69 Å². The smallest absolute Gasteiger partial charge is 0.348 e. The topological polar surface area (TPSA) is 64.6 Å². The Morgan fingerprint density at radius 1 is 1.15 bits per heavy atom. The number of carbonyl (C=O) groups is 2. The molecule has 6 heteroatoms. The summed E-state index contributed by atoms with van der Waals surface area (Å²) in [5.41, 5.74) is 1.44. The monoisotopic (exact) mass is 375 g/mol. The normalized spacial score (nSPS) is 12.8. The summed E-state index contributed by atoms with van der Waals surface area (Å²) in [5, 5.41) is 3.23. The molecule has 2 aromatic rings. The molecule has 2 aromatic carbocycles. The van der Waals surface area contributed by atoms with Crippen LogP contribution in [0.2, 0.25) is 5.02 Å². The Morgan fingerprint density at radius 3 is 2.50 bits per heavy atom. The third-order valence-electron chi connectivity index (χ3n) is 3.77. The molecular formula is C20H22ClNO4. The molecule has 0 aliphatic rings. The van der Waals surface area contributed by atoms with Crippen molar-refractivity contribution < 1.29 is 19.1 Å². The van der Waals surface area contributed by atoms with Crippen molar-refractivity contribution in [2.45, 2.75) is 39.4 Å². The van der Waals surface area contributed by atoms with Crippen molar-refractivity contribution in [2.75, 3.05) is 5.32 Å².